The number of benzene rings is 2. The van der Waals surface area contributed by atoms with Gasteiger partial charge in [0.2, 0.25) is 0 Å². The Morgan fingerprint density at radius 2 is 1.65 bits per heavy atom. The Balaban J connectivity index is 0.00000235. The summed E-state index contributed by atoms with van der Waals surface area (Å²) < 4.78 is 52.0. The van der Waals surface area contributed by atoms with E-state index in [0.717, 1.165) is 11.8 Å². The van der Waals surface area contributed by atoms with Crippen LogP contribution in [0.5, 0.6) is 11.5 Å². The summed E-state index contributed by atoms with van der Waals surface area (Å²) >= 11 is 1.11. The lowest BCUT2D eigenvalue weighted by Gasteiger charge is -2.14. The summed E-state index contributed by atoms with van der Waals surface area (Å²) in [6, 6.07) is 16.4. The third kappa shape index (κ3) is 8.31. The van der Waals surface area contributed by atoms with Crippen molar-refractivity contribution in [3.63, 3.8) is 0 Å². The second kappa shape index (κ2) is 14.0. The van der Waals surface area contributed by atoms with Crippen LogP contribution in [0.25, 0.3) is 11.1 Å². The fourth-order valence-corrected chi connectivity index (χ4v) is 4.07. The molecular weight excluding hydrogens is 505 g/mol. The number of anilines is 1. The van der Waals surface area contributed by atoms with E-state index in [9.17, 15) is 23.7 Å². The second-order valence-electron chi connectivity index (χ2n) is 7.00. The molecule has 1 heterocycles. The highest BCUT2D eigenvalue weighted by Crippen LogP contribution is 2.37. The highest BCUT2D eigenvalue weighted by molar-refractivity contribution is 7.98. The second-order valence-corrected chi connectivity index (χ2v) is 7.96. The molecule has 0 spiro atoms. The maximum absolute atomic E-state index is 12.5. The molecular formula is C26H25F3N4O3S. The Labute approximate surface area is 217 Å². The van der Waals surface area contributed by atoms with Crippen molar-refractivity contribution < 1.29 is 27.4 Å². The van der Waals surface area contributed by atoms with Crippen LogP contribution < -0.4 is 15.2 Å². The Bertz CT molecular complexity index is 1270. The lowest BCUT2D eigenvalue weighted by atomic mass is 9.97. The minimum Gasteiger partial charge on any atom is -0.491 e. The fourth-order valence-electron chi connectivity index (χ4n) is 3.14. The van der Waals surface area contributed by atoms with Gasteiger partial charge in [0.15, 0.2) is 0 Å². The first-order valence-electron chi connectivity index (χ1n) is 11.1. The zero-order chi connectivity index (χ0) is 27.4. The molecule has 2 aromatic carbocycles. The molecule has 7 nitrogen and oxygen atoms in total. The number of thioether (sulfide) groups is 1. The lowest BCUT2D eigenvalue weighted by molar-refractivity contribution is -0.274. The van der Waals surface area contributed by atoms with Crippen LogP contribution in [0.4, 0.5) is 19.0 Å². The van der Waals surface area contributed by atoms with Gasteiger partial charge in [0, 0.05) is 18.4 Å². The number of hydrogen-bond acceptors (Lipinski definition) is 8. The van der Waals surface area contributed by atoms with Crippen LogP contribution in [-0.2, 0) is 10.5 Å². The van der Waals surface area contributed by atoms with Gasteiger partial charge in [-0.05, 0) is 35.4 Å². The maximum Gasteiger partial charge on any atom is 0.573 e. The summed E-state index contributed by atoms with van der Waals surface area (Å²) in [5, 5.41) is 19.8. The zero-order valence-electron chi connectivity index (χ0n) is 20.4. The van der Waals surface area contributed by atoms with Crippen LogP contribution in [0.15, 0.2) is 53.6 Å². The molecule has 0 saturated carbocycles. The Morgan fingerprint density at radius 1 is 0.973 bits per heavy atom. The van der Waals surface area contributed by atoms with Crippen molar-refractivity contribution in [2.45, 2.75) is 31.0 Å². The van der Waals surface area contributed by atoms with Crippen LogP contribution in [0.1, 0.15) is 30.5 Å². The Kier molecular flexibility index (Phi) is 11.1. The fraction of sp³-hybridized carbons (Fsp3) is 0.269. The number of ether oxygens (including phenoxy) is 3. The van der Waals surface area contributed by atoms with Gasteiger partial charge in [-0.1, -0.05) is 38.1 Å². The molecule has 0 saturated heterocycles. The minimum absolute atomic E-state index is 0.0551. The quantitative estimate of drug-likeness (QED) is 0.253. The van der Waals surface area contributed by atoms with Crippen LogP contribution in [0, 0.1) is 22.7 Å². The van der Waals surface area contributed by atoms with Crippen molar-refractivity contribution in [3.8, 4) is 34.8 Å². The number of rotatable bonds is 9. The molecule has 0 radical (unpaired) electrons. The summed E-state index contributed by atoms with van der Waals surface area (Å²) in [5.74, 6) is 0.365. The summed E-state index contributed by atoms with van der Waals surface area (Å²) in [6.45, 7) is 4.78. The molecule has 37 heavy (non-hydrogen) atoms. The van der Waals surface area contributed by atoms with E-state index in [2.05, 4.69) is 15.8 Å². The number of pyridine rings is 1. The Morgan fingerprint density at radius 3 is 2.24 bits per heavy atom. The van der Waals surface area contributed by atoms with Gasteiger partial charge in [0.05, 0.1) is 12.2 Å². The summed E-state index contributed by atoms with van der Waals surface area (Å²) in [4.78, 5) is 4.21. The van der Waals surface area contributed by atoms with Crippen molar-refractivity contribution in [1.29, 1.82) is 10.5 Å². The van der Waals surface area contributed by atoms with Gasteiger partial charge in [0.25, 0.3) is 0 Å². The van der Waals surface area contributed by atoms with E-state index >= 15 is 0 Å². The first-order valence-corrected chi connectivity index (χ1v) is 12.1. The summed E-state index contributed by atoms with van der Waals surface area (Å²) in [6.07, 6.45) is -4.80. The summed E-state index contributed by atoms with van der Waals surface area (Å²) in [7, 11) is 1.57. The minimum atomic E-state index is -4.80. The van der Waals surface area contributed by atoms with Gasteiger partial charge in [-0.3, -0.25) is 0 Å². The van der Waals surface area contributed by atoms with Crippen molar-refractivity contribution in [1.82, 2.24) is 4.98 Å². The monoisotopic (exact) mass is 530 g/mol. The highest BCUT2D eigenvalue weighted by Gasteiger charge is 2.31. The number of nitriles is 2. The van der Waals surface area contributed by atoms with Crippen molar-refractivity contribution in [2.75, 3.05) is 26.1 Å². The number of nitrogens with zero attached hydrogens (tertiary/aromatic N) is 3. The molecule has 0 unspecified atom stereocenters. The van der Waals surface area contributed by atoms with Crippen molar-refractivity contribution in [3.05, 3.63) is 65.2 Å². The predicted molar refractivity (Wildman–Crippen MR) is 135 cm³/mol. The highest BCUT2D eigenvalue weighted by atomic mass is 32.2. The van der Waals surface area contributed by atoms with Crippen LogP contribution in [-0.4, -0.2) is 31.7 Å². The topological polar surface area (TPSA) is 114 Å². The van der Waals surface area contributed by atoms with Crippen LogP contribution >= 0.6 is 11.8 Å². The number of halogens is 3. The molecule has 0 aliphatic heterocycles. The largest absolute Gasteiger partial charge is 0.573 e. The SMILES string of the molecule is CC.COCCOc1ccc(-c2c(C#N)c(N)nc(SCc3cccc(OC(F)(F)F)c3)c2C#N)cc1. The Hall–Kier alpha value is -3.93. The van der Waals surface area contributed by atoms with Crippen molar-refractivity contribution >= 4 is 17.6 Å². The van der Waals surface area contributed by atoms with Crippen molar-refractivity contribution in [2.24, 2.45) is 0 Å². The lowest BCUT2D eigenvalue weighted by Crippen LogP contribution is -2.17. The molecule has 1 aromatic heterocycles. The first-order chi connectivity index (χ1) is 17.8. The van der Waals surface area contributed by atoms with E-state index in [1.807, 2.05) is 19.9 Å². The normalized spacial score (nSPS) is 10.5. The van der Waals surface area contributed by atoms with Crippen LogP contribution in [0.3, 0.4) is 0 Å². The van der Waals surface area contributed by atoms with E-state index in [0.29, 0.717) is 35.7 Å². The number of nitrogen functional groups attached to an aromatic ring is 1. The van der Waals surface area contributed by atoms with E-state index in [1.54, 1.807) is 37.4 Å². The van der Waals surface area contributed by atoms with E-state index in [1.165, 1.54) is 18.2 Å². The molecule has 0 aliphatic carbocycles. The number of hydrogen-bond donors (Lipinski definition) is 1. The van der Waals surface area contributed by atoms with E-state index in [-0.39, 0.29) is 33.5 Å². The molecule has 0 bridgehead atoms. The number of nitrogens with two attached hydrogens (primary N) is 1. The summed E-state index contributed by atoms with van der Waals surface area (Å²) in [5.41, 5.74) is 7.62. The average molecular weight is 531 g/mol. The molecule has 11 heteroatoms. The average Bonchev–Trinajstić information content (AvgIpc) is 2.88. The first kappa shape index (κ1) is 29.3. The van der Waals surface area contributed by atoms with Gasteiger partial charge in [-0.2, -0.15) is 10.5 Å². The predicted octanol–water partition coefficient (Wildman–Crippen LogP) is 6.32. The molecule has 2 N–H and O–H groups in total. The standard InChI is InChI=1S/C24H19F3N4O3S.C2H6/c1-32-9-10-33-17-7-5-16(6-8-17)21-19(12-28)22(30)31-23(20(21)13-29)35-14-15-3-2-4-18(11-15)34-24(25,26)27;1-2/h2-8,11H,9-10,14H2,1H3,(H2,30,31);1-2H3. The van der Waals surface area contributed by atoms with Gasteiger partial charge >= 0.3 is 6.36 Å². The molecule has 0 aliphatic rings. The van der Waals surface area contributed by atoms with E-state index in [4.69, 9.17) is 15.2 Å². The number of alkyl halides is 3. The van der Waals surface area contributed by atoms with E-state index < -0.39 is 6.36 Å². The smallest absolute Gasteiger partial charge is 0.491 e. The molecule has 3 rings (SSSR count). The van der Waals surface area contributed by atoms with Gasteiger partial charge in [0.1, 0.15) is 46.7 Å². The maximum atomic E-state index is 12.5. The van der Waals surface area contributed by atoms with Crippen LogP contribution in [0.2, 0.25) is 0 Å². The number of aromatic nitrogens is 1. The van der Waals surface area contributed by atoms with Gasteiger partial charge in [-0.15, -0.1) is 24.9 Å². The third-order valence-corrected chi connectivity index (χ3v) is 5.67. The zero-order valence-corrected chi connectivity index (χ0v) is 21.2. The molecule has 0 fully saturated rings. The molecule has 0 atom stereocenters. The molecule has 3 aromatic rings. The van der Waals surface area contributed by atoms with Gasteiger partial charge < -0.3 is 19.9 Å². The molecule has 194 valence electrons. The van der Waals surface area contributed by atoms with Gasteiger partial charge in [-0.25, -0.2) is 4.98 Å². The number of methoxy groups -OCH3 is 1. The third-order valence-electron chi connectivity index (χ3n) is 4.62. The molecule has 0 amide bonds.